The molecule has 0 spiro atoms. The van der Waals surface area contributed by atoms with Gasteiger partial charge in [-0.3, -0.25) is 4.79 Å². The van der Waals surface area contributed by atoms with Crippen LogP contribution in [0.2, 0.25) is 0 Å². The van der Waals surface area contributed by atoms with Gasteiger partial charge in [0.25, 0.3) is 0 Å². The van der Waals surface area contributed by atoms with Crippen LogP contribution >= 0.6 is 0 Å². The zero-order valence-corrected chi connectivity index (χ0v) is 3.85. The average Bonchev–Trinajstić information content (AvgIpc) is 2.19. The molecule has 6 nitrogen and oxygen atoms in total. The second kappa shape index (κ2) is 2.01. The molecule has 0 aliphatic rings. The largest absolute Gasteiger partial charge is 0.277 e. The van der Waals surface area contributed by atoms with Crippen molar-refractivity contribution in [1.29, 1.82) is 0 Å². The minimum absolute atomic E-state index is 0.460. The van der Waals surface area contributed by atoms with Crippen molar-refractivity contribution < 1.29 is 4.79 Å². The Morgan fingerprint density at radius 3 is 3.12 bits per heavy atom. The van der Waals surface area contributed by atoms with Crippen molar-refractivity contribution in [3.05, 3.63) is 6.33 Å². The Morgan fingerprint density at radius 1 is 1.75 bits per heavy atom. The molecule has 42 valence electrons. The van der Waals surface area contributed by atoms with Crippen molar-refractivity contribution in [2.45, 2.75) is 0 Å². The van der Waals surface area contributed by atoms with Gasteiger partial charge >= 0.3 is 0 Å². The van der Waals surface area contributed by atoms with Gasteiger partial charge in [-0.05, 0) is 5.21 Å². The lowest BCUT2D eigenvalue weighted by Crippen LogP contribution is -2.15. The van der Waals surface area contributed by atoms with Crippen molar-refractivity contribution in [1.82, 2.24) is 20.3 Å². The molecule has 0 aliphatic heterocycles. The van der Waals surface area contributed by atoms with Gasteiger partial charge in [-0.1, -0.05) is 4.91 Å². The highest BCUT2D eigenvalue weighted by atomic mass is 16.1. The molecule has 6 heteroatoms. The van der Waals surface area contributed by atoms with E-state index in [1.54, 1.807) is 0 Å². The number of nitrogens with one attached hydrogen (secondary N) is 1. The lowest BCUT2D eigenvalue weighted by atomic mass is 11.4. The summed E-state index contributed by atoms with van der Waals surface area (Å²) in [6.07, 6.45) is 1.68. The van der Waals surface area contributed by atoms with Gasteiger partial charge in [0.05, 0.1) is 0 Å². The van der Waals surface area contributed by atoms with E-state index in [9.17, 15) is 4.79 Å². The molecular weight excluding hydrogens is 110 g/mol. The quantitative estimate of drug-likeness (QED) is 0.467. The number of aromatic nitrogens is 4. The molecule has 1 N–H and O–H groups in total. The third-order valence-corrected chi connectivity index (χ3v) is 0.517. The van der Waals surface area contributed by atoms with Crippen LogP contribution in [0.3, 0.4) is 0 Å². The average molecular weight is 113 g/mol. The van der Waals surface area contributed by atoms with Gasteiger partial charge in [0.2, 0.25) is 6.41 Å². The van der Waals surface area contributed by atoms with Crippen LogP contribution in [0.1, 0.15) is 0 Å². The molecule has 0 atom stereocenters. The molecule has 0 fully saturated rings. The maximum absolute atomic E-state index is 9.63. The molecule has 0 aromatic carbocycles. The van der Waals surface area contributed by atoms with Crippen molar-refractivity contribution in [3.63, 3.8) is 0 Å². The van der Waals surface area contributed by atoms with Crippen molar-refractivity contribution in [2.24, 2.45) is 0 Å². The predicted molar refractivity (Wildman–Crippen MR) is 23.2 cm³/mol. The molecule has 1 heterocycles. The number of nitrogens with zero attached hydrogens (tertiary/aromatic N) is 4. The summed E-state index contributed by atoms with van der Waals surface area (Å²) in [6, 6.07) is 0. The van der Waals surface area contributed by atoms with Crippen LogP contribution in [0.25, 0.3) is 0 Å². The Bertz CT molecular complexity index is 157. The summed E-state index contributed by atoms with van der Waals surface area (Å²) >= 11 is 0. The molecule has 0 radical (unpaired) electrons. The summed E-state index contributed by atoms with van der Waals surface area (Å²) in [5.74, 6) is 0. The van der Waals surface area contributed by atoms with E-state index in [0.717, 1.165) is 4.91 Å². The number of amides is 1. The number of carbonyl (C=O) groups is 1. The summed E-state index contributed by atoms with van der Waals surface area (Å²) in [4.78, 5) is 10.6. The number of hydrogen-bond acceptors (Lipinski definition) is 4. The van der Waals surface area contributed by atoms with Gasteiger partial charge in [0, 0.05) is 0 Å². The van der Waals surface area contributed by atoms with E-state index in [1.165, 1.54) is 6.33 Å². The van der Waals surface area contributed by atoms with Gasteiger partial charge < -0.3 is 0 Å². The molecule has 1 aromatic rings. The minimum Gasteiger partial charge on any atom is -0.277 e. The standard InChI is InChI=1S/C2H3N5O/c8-2-5-7-4-1-3-6-7/h1-2H,(H,5,8). The van der Waals surface area contributed by atoms with Crippen molar-refractivity contribution in [3.8, 4) is 0 Å². The van der Waals surface area contributed by atoms with Crippen molar-refractivity contribution >= 4 is 6.41 Å². The zero-order valence-electron chi connectivity index (χ0n) is 3.85. The Balaban J connectivity index is 2.62. The van der Waals surface area contributed by atoms with Gasteiger partial charge in [0.15, 0.2) is 6.33 Å². The minimum atomic E-state index is 0.460. The van der Waals surface area contributed by atoms with E-state index in [1.807, 2.05) is 0 Å². The van der Waals surface area contributed by atoms with E-state index in [0.29, 0.717) is 6.41 Å². The van der Waals surface area contributed by atoms with Crippen LogP contribution in [-0.2, 0) is 4.79 Å². The summed E-state index contributed by atoms with van der Waals surface area (Å²) in [7, 11) is 0. The number of carbonyl (C=O) groups excluding carboxylic acids is 1. The lowest BCUT2D eigenvalue weighted by molar-refractivity contribution is -0.106. The Labute approximate surface area is 44.5 Å². The number of rotatable bonds is 2. The first-order chi connectivity index (χ1) is 3.93. The van der Waals surface area contributed by atoms with Gasteiger partial charge in [0.1, 0.15) is 0 Å². The smallest absolute Gasteiger partial charge is 0.228 e. The second-order valence-corrected chi connectivity index (χ2v) is 0.972. The van der Waals surface area contributed by atoms with Gasteiger partial charge in [-0.25, -0.2) is 5.43 Å². The first kappa shape index (κ1) is 4.69. The molecule has 1 aromatic heterocycles. The molecule has 0 saturated carbocycles. The first-order valence-electron chi connectivity index (χ1n) is 1.86. The summed E-state index contributed by atoms with van der Waals surface area (Å²) in [5, 5.41) is 10.1. The Morgan fingerprint density at radius 2 is 2.62 bits per heavy atom. The van der Waals surface area contributed by atoms with E-state index < -0.39 is 0 Å². The topological polar surface area (TPSA) is 72.7 Å². The molecule has 0 aliphatic carbocycles. The van der Waals surface area contributed by atoms with E-state index in [-0.39, 0.29) is 0 Å². The van der Waals surface area contributed by atoms with Gasteiger partial charge in [-0.15, -0.1) is 10.2 Å². The molecule has 1 rings (SSSR count). The maximum Gasteiger partial charge on any atom is 0.228 e. The Hall–Kier alpha value is -1.46. The van der Waals surface area contributed by atoms with Crippen LogP contribution < -0.4 is 5.43 Å². The fourth-order valence-corrected chi connectivity index (χ4v) is 0.273. The molecular formula is C2H3N5O. The SMILES string of the molecule is O=CNn1ncnn1. The number of tetrazole rings is 1. The fraction of sp³-hybridized carbons (Fsp3) is 0. The highest BCUT2D eigenvalue weighted by Gasteiger charge is 1.82. The zero-order chi connectivity index (χ0) is 5.82. The number of hydrogen-bond donors (Lipinski definition) is 1. The molecule has 0 bridgehead atoms. The van der Waals surface area contributed by atoms with Crippen molar-refractivity contribution in [2.75, 3.05) is 5.43 Å². The molecule has 0 unspecified atom stereocenters. The van der Waals surface area contributed by atoms with Crippen LogP contribution in [-0.4, -0.2) is 26.7 Å². The fourth-order valence-electron chi connectivity index (χ4n) is 0.273. The Kier molecular flexibility index (Phi) is 1.18. The maximum atomic E-state index is 9.63. The third kappa shape index (κ3) is 0.780. The van der Waals surface area contributed by atoms with Crippen LogP contribution in [0, 0.1) is 0 Å². The van der Waals surface area contributed by atoms with E-state index in [4.69, 9.17) is 0 Å². The highest BCUT2D eigenvalue weighted by Crippen LogP contribution is 1.58. The summed E-state index contributed by atoms with van der Waals surface area (Å²) in [6.45, 7) is 0. The second-order valence-electron chi connectivity index (χ2n) is 0.972. The van der Waals surface area contributed by atoms with Crippen LogP contribution in [0.5, 0.6) is 0 Å². The third-order valence-electron chi connectivity index (χ3n) is 0.517. The van der Waals surface area contributed by atoms with E-state index in [2.05, 4.69) is 20.8 Å². The first-order valence-corrected chi connectivity index (χ1v) is 1.86. The van der Waals surface area contributed by atoms with Crippen LogP contribution in [0.15, 0.2) is 6.33 Å². The monoisotopic (exact) mass is 113 g/mol. The lowest BCUT2D eigenvalue weighted by Gasteiger charge is -1.86. The van der Waals surface area contributed by atoms with Gasteiger partial charge in [-0.2, -0.15) is 0 Å². The van der Waals surface area contributed by atoms with E-state index >= 15 is 0 Å². The normalized spacial score (nSPS) is 8.50. The summed E-state index contributed by atoms with van der Waals surface area (Å²) < 4.78 is 0. The molecule has 0 saturated heterocycles. The molecule has 1 amide bonds. The predicted octanol–water partition coefficient (Wildman–Crippen LogP) is -1.63. The highest BCUT2D eigenvalue weighted by molar-refractivity contribution is 5.55. The van der Waals surface area contributed by atoms with Crippen LogP contribution in [0.4, 0.5) is 0 Å². The molecule has 8 heavy (non-hydrogen) atoms. The summed E-state index contributed by atoms with van der Waals surface area (Å²) in [5.41, 5.74) is 2.14.